The molecule has 0 atom stereocenters. The fourth-order valence-electron chi connectivity index (χ4n) is 0.703. The van der Waals surface area contributed by atoms with E-state index in [-0.39, 0.29) is 0 Å². The molecule has 4 N–H and O–H groups in total. The smallest absolute Gasteiger partial charge is 0.131 e. The summed E-state index contributed by atoms with van der Waals surface area (Å²) in [6.45, 7) is 0. The lowest BCUT2D eigenvalue weighted by Gasteiger charge is -2.22. The van der Waals surface area contributed by atoms with E-state index in [0.29, 0.717) is 14.7 Å². The van der Waals surface area contributed by atoms with Crippen LogP contribution >= 0.6 is 48.0 Å². The molecule has 0 saturated heterocycles. The van der Waals surface area contributed by atoms with Crippen molar-refractivity contribution in [3.63, 3.8) is 0 Å². The summed E-state index contributed by atoms with van der Waals surface area (Å²) in [5.41, 5.74) is 10.8. The van der Waals surface area contributed by atoms with E-state index >= 15 is 0 Å². The first-order chi connectivity index (χ1) is 6.43. The molecule has 0 heterocycles. The Morgan fingerprint density at radius 1 is 1.14 bits per heavy atom. The van der Waals surface area contributed by atoms with Crippen LogP contribution in [0.2, 0.25) is 0 Å². The lowest BCUT2D eigenvalue weighted by molar-refractivity contribution is 0.345. The maximum absolute atomic E-state index is 5.42. The highest BCUT2D eigenvalue weighted by Gasteiger charge is 2.12. The number of thioether (sulfide) groups is 2. The van der Waals surface area contributed by atoms with Gasteiger partial charge >= 0.3 is 0 Å². The van der Waals surface area contributed by atoms with Crippen LogP contribution in [0.15, 0.2) is 0 Å². The van der Waals surface area contributed by atoms with Gasteiger partial charge in [-0.2, -0.15) is 0 Å². The SMILES string of the molecule is CN(C)C(CSC(N)=S)CSC(N)=S. The van der Waals surface area contributed by atoms with Crippen molar-refractivity contribution < 1.29 is 0 Å². The molecule has 0 bridgehead atoms. The molecule has 14 heavy (non-hydrogen) atoms. The van der Waals surface area contributed by atoms with Crippen molar-refractivity contribution in [3.05, 3.63) is 0 Å². The predicted octanol–water partition coefficient (Wildman–Crippen LogP) is 0.870. The van der Waals surface area contributed by atoms with Gasteiger partial charge in [0.25, 0.3) is 0 Å². The Hall–Kier alpha value is 0.440. The van der Waals surface area contributed by atoms with Gasteiger partial charge in [0, 0.05) is 17.5 Å². The second-order valence-corrected chi connectivity index (χ2v) is 6.40. The lowest BCUT2D eigenvalue weighted by atomic mass is 10.4. The number of nitrogens with two attached hydrogens (primary N) is 2. The molecule has 0 fully saturated rings. The van der Waals surface area contributed by atoms with E-state index in [4.69, 9.17) is 35.9 Å². The van der Waals surface area contributed by atoms with Crippen LogP contribution in [0.3, 0.4) is 0 Å². The maximum Gasteiger partial charge on any atom is 0.131 e. The van der Waals surface area contributed by atoms with Crippen LogP contribution in [0.1, 0.15) is 0 Å². The van der Waals surface area contributed by atoms with E-state index in [9.17, 15) is 0 Å². The molecular formula is C7H15N3S4. The Morgan fingerprint density at radius 3 is 1.71 bits per heavy atom. The molecule has 0 unspecified atom stereocenters. The third kappa shape index (κ3) is 7.81. The zero-order valence-electron chi connectivity index (χ0n) is 8.23. The van der Waals surface area contributed by atoms with Crippen LogP contribution in [-0.4, -0.2) is 45.2 Å². The number of nitrogens with zero attached hydrogens (tertiary/aromatic N) is 1. The molecular weight excluding hydrogens is 254 g/mol. The summed E-state index contributed by atoms with van der Waals surface area (Å²) in [6.07, 6.45) is 0. The molecule has 3 nitrogen and oxygen atoms in total. The van der Waals surface area contributed by atoms with Crippen molar-refractivity contribution in [2.45, 2.75) is 6.04 Å². The van der Waals surface area contributed by atoms with Gasteiger partial charge in [-0.1, -0.05) is 48.0 Å². The summed E-state index contributed by atoms with van der Waals surface area (Å²) in [5.74, 6) is 1.75. The third-order valence-electron chi connectivity index (χ3n) is 1.57. The minimum absolute atomic E-state index is 0.382. The van der Waals surface area contributed by atoms with Gasteiger partial charge in [0.15, 0.2) is 0 Å². The molecule has 0 aliphatic carbocycles. The summed E-state index contributed by atoms with van der Waals surface area (Å²) >= 11 is 12.6. The van der Waals surface area contributed by atoms with Gasteiger partial charge in [0.1, 0.15) is 8.64 Å². The van der Waals surface area contributed by atoms with Gasteiger partial charge in [-0.25, -0.2) is 0 Å². The molecule has 0 aromatic heterocycles. The van der Waals surface area contributed by atoms with E-state index in [2.05, 4.69) is 4.90 Å². The molecule has 0 amide bonds. The van der Waals surface area contributed by atoms with Gasteiger partial charge < -0.3 is 16.4 Å². The quantitative estimate of drug-likeness (QED) is 0.718. The van der Waals surface area contributed by atoms with Crippen LogP contribution in [0.25, 0.3) is 0 Å². The van der Waals surface area contributed by atoms with Crippen LogP contribution in [-0.2, 0) is 0 Å². The molecule has 0 rings (SSSR count). The number of thiocarbonyl (C=S) groups is 2. The van der Waals surface area contributed by atoms with Gasteiger partial charge in [-0.05, 0) is 14.1 Å². The molecule has 0 aliphatic heterocycles. The zero-order chi connectivity index (χ0) is 11.1. The second kappa shape index (κ2) is 7.70. The average molecular weight is 269 g/mol. The number of hydrogen-bond donors (Lipinski definition) is 2. The minimum atomic E-state index is 0.382. The molecule has 0 aromatic rings. The first-order valence-electron chi connectivity index (χ1n) is 3.94. The summed E-state index contributed by atoms with van der Waals surface area (Å²) in [7, 11) is 4.04. The second-order valence-electron chi connectivity index (χ2n) is 2.88. The van der Waals surface area contributed by atoms with Crippen molar-refractivity contribution in [3.8, 4) is 0 Å². The van der Waals surface area contributed by atoms with Gasteiger partial charge in [0.05, 0.1) is 0 Å². The zero-order valence-corrected chi connectivity index (χ0v) is 11.5. The van der Waals surface area contributed by atoms with Crippen LogP contribution in [0, 0.1) is 0 Å². The fraction of sp³-hybridized carbons (Fsp3) is 0.714. The standard InChI is InChI=1S/C7H15N3S4/c1-10(2)5(3-13-6(8)11)4-14-7(9)12/h5H,3-4H2,1-2H3,(H2,8,11)(H2,9,12). The Labute approximate surface area is 104 Å². The first kappa shape index (κ1) is 14.4. The van der Waals surface area contributed by atoms with Crippen molar-refractivity contribution in [1.82, 2.24) is 4.90 Å². The predicted molar refractivity (Wildman–Crippen MR) is 76.0 cm³/mol. The van der Waals surface area contributed by atoms with Crippen molar-refractivity contribution >= 4 is 56.6 Å². The van der Waals surface area contributed by atoms with Gasteiger partial charge in [0.2, 0.25) is 0 Å². The summed E-state index contributed by atoms with van der Waals surface area (Å²) < 4.78 is 0.967. The topological polar surface area (TPSA) is 55.3 Å². The van der Waals surface area contributed by atoms with Gasteiger partial charge in [-0.3, -0.25) is 0 Å². The lowest BCUT2D eigenvalue weighted by Crippen LogP contribution is -2.34. The molecule has 0 aromatic carbocycles. The molecule has 7 heteroatoms. The molecule has 0 radical (unpaired) electrons. The van der Waals surface area contributed by atoms with Crippen LogP contribution in [0.4, 0.5) is 0 Å². The van der Waals surface area contributed by atoms with Crippen LogP contribution < -0.4 is 11.5 Å². The third-order valence-corrected chi connectivity index (χ3v) is 3.95. The highest BCUT2D eigenvalue weighted by Crippen LogP contribution is 2.12. The van der Waals surface area contributed by atoms with Crippen molar-refractivity contribution in [1.29, 1.82) is 0 Å². The van der Waals surface area contributed by atoms with E-state index in [0.717, 1.165) is 11.5 Å². The molecule has 0 aliphatic rings. The molecule has 0 spiro atoms. The first-order valence-corrected chi connectivity index (χ1v) is 6.73. The van der Waals surface area contributed by atoms with E-state index < -0.39 is 0 Å². The molecule has 82 valence electrons. The Morgan fingerprint density at radius 2 is 1.50 bits per heavy atom. The highest BCUT2D eigenvalue weighted by atomic mass is 32.2. The van der Waals surface area contributed by atoms with Crippen molar-refractivity contribution in [2.75, 3.05) is 25.6 Å². The summed E-state index contributed by atoms with van der Waals surface area (Å²) in [6, 6.07) is 0.382. The number of hydrogen-bond acceptors (Lipinski definition) is 5. The van der Waals surface area contributed by atoms with E-state index in [1.165, 1.54) is 23.5 Å². The van der Waals surface area contributed by atoms with Crippen LogP contribution in [0.5, 0.6) is 0 Å². The summed E-state index contributed by atoms with van der Waals surface area (Å²) in [5, 5.41) is 0. The van der Waals surface area contributed by atoms with Gasteiger partial charge in [-0.15, -0.1) is 0 Å². The average Bonchev–Trinajstić information content (AvgIpc) is 2.02. The van der Waals surface area contributed by atoms with Crippen molar-refractivity contribution in [2.24, 2.45) is 11.5 Å². The van der Waals surface area contributed by atoms with E-state index in [1.807, 2.05) is 14.1 Å². The normalized spacial score (nSPS) is 10.9. The highest BCUT2D eigenvalue weighted by molar-refractivity contribution is 8.23. The monoisotopic (exact) mass is 269 g/mol. The maximum atomic E-state index is 5.42. The largest absolute Gasteiger partial charge is 0.385 e. The number of rotatable bonds is 5. The Kier molecular flexibility index (Phi) is 7.94. The van der Waals surface area contributed by atoms with E-state index in [1.54, 1.807) is 0 Å². The fourth-order valence-corrected chi connectivity index (χ4v) is 2.81. The summed E-state index contributed by atoms with van der Waals surface area (Å²) in [4.78, 5) is 2.12. The Balaban J connectivity index is 3.89. The Bertz CT molecular complexity index is 189. The molecule has 0 saturated carbocycles. The minimum Gasteiger partial charge on any atom is -0.385 e.